The van der Waals surface area contributed by atoms with Crippen molar-refractivity contribution in [2.24, 2.45) is 0 Å². The van der Waals surface area contributed by atoms with Crippen LogP contribution in [-0.2, 0) is 10.3 Å². The van der Waals surface area contributed by atoms with Crippen molar-refractivity contribution in [1.82, 2.24) is 10.2 Å². The van der Waals surface area contributed by atoms with Gasteiger partial charge in [0.05, 0.1) is 11.3 Å². The Kier molecular flexibility index (Phi) is 4.35. The predicted octanol–water partition coefficient (Wildman–Crippen LogP) is 5.41. The van der Waals surface area contributed by atoms with Crippen molar-refractivity contribution in [3.63, 3.8) is 0 Å². The first-order valence-corrected chi connectivity index (χ1v) is 11.0. The Morgan fingerprint density at radius 1 is 0.812 bits per heavy atom. The summed E-state index contributed by atoms with van der Waals surface area (Å²) in [7, 11) is 0. The Morgan fingerprint density at radius 2 is 1.53 bits per heavy atom. The first-order valence-electron chi connectivity index (χ1n) is 11.0. The first kappa shape index (κ1) is 18.9. The molecule has 1 aromatic heterocycles. The number of aromatic amines is 1. The molecule has 1 fully saturated rings. The third-order valence-electron chi connectivity index (χ3n) is 6.67. The lowest BCUT2D eigenvalue weighted by Gasteiger charge is -2.38. The Morgan fingerprint density at radius 3 is 2.38 bits per heavy atom. The van der Waals surface area contributed by atoms with Gasteiger partial charge in [-0.1, -0.05) is 66.7 Å². The molecule has 1 spiro atoms. The average Bonchev–Trinajstić information content (AvgIpc) is 3.45. The predicted molar refractivity (Wildman–Crippen MR) is 124 cm³/mol. The number of nitrogens with one attached hydrogen (secondary N) is 1. The normalized spacial score (nSPS) is 16.8. The van der Waals surface area contributed by atoms with Crippen LogP contribution in [0.5, 0.6) is 0 Å². The maximum atomic E-state index is 12.3. The van der Waals surface area contributed by atoms with E-state index in [1.807, 2.05) is 30.3 Å². The number of fused-ring (bicyclic) bond motifs is 2. The van der Waals surface area contributed by atoms with Crippen LogP contribution in [0.3, 0.4) is 0 Å². The highest BCUT2D eigenvalue weighted by Crippen LogP contribution is 2.44. The zero-order valence-electron chi connectivity index (χ0n) is 17.6. The molecule has 32 heavy (non-hydrogen) atoms. The second kappa shape index (κ2) is 7.38. The molecule has 3 heterocycles. The van der Waals surface area contributed by atoms with Crippen molar-refractivity contribution in [1.29, 1.82) is 0 Å². The number of esters is 1. The van der Waals surface area contributed by atoms with Gasteiger partial charge in [0.1, 0.15) is 5.60 Å². The zero-order chi connectivity index (χ0) is 21.5. The molecule has 158 valence electrons. The van der Waals surface area contributed by atoms with Crippen LogP contribution in [0.2, 0.25) is 0 Å². The van der Waals surface area contributed by atoms with Crippen molar-refractivity contribution < 1.29 is 9.53 Å². The van der Waals surface area contributed by atoms with E-state index in [4.69, 9.17) is 4.74 Å². The largest absolute Gasteiger partial charge is 0.450 e. The molecule has 4 aromatic rings. The molecule has 5 nitrogen and oxygen atoms in total. The molecule has 0 atom stereocenters. The third kappa shape index (κ3) is 3.09. The van der Waals surface area contributed by atoms with E-state index in [1.54, 1.807) is 0 Å². The number of hydrogen-bond donors (Lipinski definition) is 1. The number of aromatic nitrogens is 2. The van der Waals surface area contributed by atoms with E-state index in [0.717, 1.165) is 48.6 Å². The average molecular weight is 422 g/mol. The Balaban J connectivity index is 1.21. The molecule has 0 radical (unpaired) electrons. The second-order valence-corrected chi connectivity index (χ2v) is 8.50. The van der Waals surface area contributed by atoms with Gasteiger partial charge in [-0.3, -0.25) is 5.10 Å². The molecule has 1 N–H and O–H groups in total. The molecule has 3 aromatic carbocycles. The molecule has 0 unspecified atom stereocenters. The Bertz CT molecular complexity index is 1290. The summed E-state index contributed by atoms with van der Waals surface area (Å²) >= 11 is 0. The van der Waals surface area contributed by atoms with Gasteiger partial charge in [-0.2, -0.15) is 5.10 Å². The van der Waals surface area contributed by atoms with E-state index in [9.17, 15) is 4.79 Å². The number of piperidine rings is 1. The van der Waals surface area contributed by atoms with Gasteiger partial charge >= 0.3 is 5.97 Å². The number of H-pyrrole nitrogens is 1. The van der Waals surface area contributed by atoms with Gasteiger partial charge in [0, 0.05) is 43.1 Å². The van der Waals surface area contributed by atoms with Gasteiger partial charge < -0.3 is 9.64 Å². The highest BCUT2D eigenvalue weighted by atomic mass is 16.6. The van der Waals surface area contributed by atoms with Crippen LogP contribution in [0.15, 0.2) is 84.9 Å². The topological polar surface area (TPSA) is 58.2 Å². The summed E-state index contributed by atoms with van der Waals surface area (Å²) < 4.78 is 5.88. The SMILES string of the molecule is O=C1OC2(CCN(c3cc(-c4cccc(-c5ccccc5)c4)[nH]n3)CC2)c2ccccc21. The molecule has 1 saturated heterocycles. The summed E-state index contributed by atoms with van der Waals surface area (Å²) in [6.07, 6.45) is 1.53. The fraction of sp³-hybridized carbons (Fsp3) is 0.185. The van der Waals surface area contributed by atoms with E-state index >= 15 is 0 Å². The van der Waals surface area contributed by atoms with Crippen LogP contribution in [-0.4, -0.2) is 29.3 Å². The van der Waals surface area contributed by atoms with Crippen molar-refractivity contribution in [3.8, 4) is 22.4 Å². The van der Waals surface area contributed by atoms with Crippen molar-refractivity contribution in [2.75, 3.05) is 18.0 Å². The van der Waals surface area contributed by atoms with E-state index in [2.05, 4.69) is 69.7 Å². The van der Waals surface area contributed by atoms with Crippen LogP contribution < -0.4 is 4.90 Å². The molecule has 0 amide bonds. The van der Waals surface area contributed by atoms with Gasteiger partial charge in [-0.15, -0.1) is 0 Å². The van der Waals surface area contributed by atoms with Gasteiger partial charge in [0.15, 0.2) is 5.82 Å². The first-order chi connectivity index (χ1) is 15.7. The fourth-order valence-corrected chi connectivity index (χ4v) is 4.93. The molecule has 5 heteroatoms. The lowest BCUT2D eigenvalue weighted by molar-refractivity contribution is -0.0211. The summed E-state index contributed by atoms with van der Waals surface area (Å²) in [6.45, 7) is 1.58. The van der Waals surface area contributed by atoms with Crippen molar-refractivity contribution in [2.45, 2.75) is 18.4 Å². The molecule has 0 bridgehead atoms. The number of carbonyl (C=O) groups excluding carboxylic acids is 1. The van der Waals surface area contributed by atoms with E-state index in [-0.39, 0.29) is 5.97 Å². The quantitative estimate of drug-likeness (QED) is 0.450. The minimum absolute atomic E-state index is 0.200. The Labute approximate surface area is 186 Å². The number of nitrogens with zero attached hydrogens (tertiary/aromatic N) is 2. The summed E-state index contributed by atoms with van der Waals surface area (Å²) in [4.78, 5) is 14.6. The Hall–Kier alpha value is -3.86. The van der Waals surface area contributed by atoms with E-state index in [1.165, 1.54) is 11.1 Å². The van der Waals surface area contributed by atoms with Crippen molar-refractivity contribution in [3.05, 3.63) is 96.1 Å². The summed E-state index contributed by atoms with van der Waals surface area (Å²) in [5.41, 5.74) is 5.73. The maximum Gasteiger partial charge on any atom is 0.339 e. The number of anilines is 1. The second-order valence-electron chi connectivity index (χ2n) is 8.50. The summed E-state index contributed by atoms with van der Waals surface area (Å²) in [5.74, 6) is 0.729. The molecule has 6 rings (SSSR count). The molecule has 2 aliphatic heterocycles. The maximum absolute atomic E-state index is 12.3. The third-order valence-corrected chi connectivity index (χ3v) is 6.67. The molecule has 0 aliphatic carbocycles. The number of hydrogen-bond acceptors (Lipinski definition) is 4. The zero-order valence-corrected chi connectivity index (χ0v) is 17.6. The standard InChI is InChI=1S/C27H23N3O2/c31-26-22-11-4-5-12-23(22)27(32-26)13-15-30(16-14-27)25-18-24(28-29-25)21-10-6-9-20(17-21)19-7-2-1-3-8-19/h1-12,17-18H,13-16H2,(H,28,29). The van der Waals surface area contributed by atoms with Crippen LogP contribution in [0.4, 0.5) is 5.82 Å². The van der Waals surface area contributed by atoms with Gasteiger partial charge in [-0.25, -0.2) is 4.79 Å². The van der Waals surface area contributed by atoms with Crippen LogP contribution >= 0.6 is 0 Å². The molecule has 2 aliphatic rings. The number of benzene rings is 3. The minimum atomic E-state index is -0.493. The van der Waals surface area contributed by atoms with Gasteiger partial charge in [0.25, 0.3) is 0 Å². The lowest BCUT2D eigenvalue weighted by atomic mass is 9.84. The summed E-state index contributed by atoms with van der Waals surface area (Å²) in [5, 5.41) is 7.79. The molecular weight excluding hydrogens is 398 g/mol. The number of rotatable bonds is 3. The fourth-order valence-electron chi connectivity index (χ4n) is 4.93. The van der Waals surface area contributed by atoms with Gasteiger partial charge in [0.2, 0.25) is 0 Å². The van der Waals surface area contributed by atoms with E-state index in [0.29, 0.717) is 5.56 Å². The smallest absolute Gasteiger partial charge is 0.339 e. The van der Waals surface area contributed by atoms with Crippen LogP contribution in [0.1, 0.15) is 28.8 Å². The van der Waals surface area contributed by atoms with Gasteiger partial charge in [-0.05, 0) is 23.3 Å². The number of carbonyl (C=O) groups is 1. The minimum Gasteiger partial charge on any atom is -0.450 e. The highest BCUT2D eigenvalue weighted by Gasteiger charge is 2.47. The molecular formula is C27H23N3O2. The highest BCUT2D eigenvalue weighted by molar-refractivity contribution is 5.94. The van der Waals surface area contributed by atoms with Crippen LogP contribution in [0, 0.1) is 0 Å². The monoisotopic (exact) mass is 421 g/mol. The lowest BCUT2D eigenvalue weighted by Crippen LogP contribution is -2.43. The number of ether oxygens (including phenoxy) is 1. The molecule has 0 saturated carbocycles. The van der Waals surface area contributed by atoms with Crippen molar-refractivity contribution >= 4 is 11.8 Å². The van der Waals surface area contributed by atoms with Crippen LogP contribution in [0.25, 0.3) is 22.4 Å². The van der Waals surface area contributed by atoms with E-state index < -0.39 is 5.60 Å². The summed E-state index contributed by atoms with van der Waals surface area (Å²) in [6, 6.07) is 28.8.